The van der Waals surface area contributed by atoms with Crippen molar-refractivity contribution >= 4 is 21.8 Å². The summed E-state index contributed by atoms with van der Waals surface area (Å²) in [4.78, 5) is 18.0. The largest absolute Gasteiger partial charge is 0.328 e. The van der Waals surface area contributed by atoms with E-state index in [2.05, 4.69) is 15.5 Å². The summed E-state index contributed by atoms with van der Waals surface area (Å²) in [5.74, 6) is 0.166. The fourth-order valence-electron chi connectivity index (χ4n) is 2.12. The molecule has 0 aliphatic carbocycles. The lowest BCUT2D eigenvalue weighted by Gasteiger charge is -2.24. The Labute approximate surface area is 140 Å². The number of sulfone groups is 1. The first kappa shape index (κ1) is 18.1. The molecule has 0 saturated carbocycles. The van der Waals surface area contributed by atoms with Crippen LogP contribution in [-0.2, 0) is 14.6 Å². The molecular formula is C15H20N4O4S. The van der Waals surface area contributed by atoms with Crippen molar-refractivity contribution in [2.45, 2.75) is 24.8 Å². The van der Waals surface area contributed by atoms with E-state index in [0.29, 0.717) is 5.82 Å². The fraction of sp³-hybridized carbons (Fsp3) is 0.400. The molecule has 1 amide bonds. The minimum Gasteiger partial charge on any atom is -0.315 e. The number of aromatic nitrogens is 2. The Bertz CT molecular complexity index is 814. The molecule has 24 heavy (non-hydrogen) atoms. The molecule has 130 valence electrons. The molecule has 1 heterocycles. The maximum atomic E-state index is 12.0. The minimum absolute atomic E-state index is 0.0658. The molecule has 0 radical (unpaired) electrons. The van der Waals surface area contributed by atoms with Gasteiger partial charge in [0.2, 0.25) is 5.91 Å². The number of anilines is 1. The molecule has 1 aromatic carbocycles. The molecule has 0 aliphatic rings. The van der Waals surface area contributed by atoms with Gasteiger partial charge in [-0.05, 0) is 38.6 Å². The first-order valence-electron chi connectivity index (χ1n) is 7.27. The van der Waals surface area contributed by atoms with Gasteiger partial charge in [0, 0.05) is 12.3 Å². The smallest absolute Gasteiger partial charge is 0.315 e. The van der Waals surface area contributed by atoms with E-state index in [9.17, 15) is 13.2 Å². The number of hydrogen-bond acceptors (Lipinski definition) is 7. The van der Waals surface area contributed by atoms with Crippen LogP contribution in [0.3, 0.4) is 0 Å². The van der Waals surface area contributed by atoms with E-state index in [-0.39, 0.29) is 29.4 Å². The molecule has 1 atom stereocenters. The van der Waals surface area contributed by atoms with Crippen LogP contribution in [0.15, 0.2) is 33.7 Å². The molecule has 0 aliphatic heterocycles. The Hall–Kier alpha value is -2.26. The summed E-state index contributed by atoms with van der Waals surface area (Å²) >= 11 is 0. The van der Waals surface area contributed by atoms with E-state index < -0.39 is 9.84 Å². The van der Waals surface area contributed by atoms with E-state index in [0.717, 1.165) is 5.56 Å². The summed E-state index contributed by atoms with van der Waals surface area (Å²) in [5, 5.41) is 6.12. The van der Waals surface area contributed by atoms with Crippen LogP contribution in [0.4, 0.5) is 6.01 Å². The average molecular weight is 352 g/mol. The first-order valence-corrected chi connectivity index (χ1v) is 9.16. The van der Waals surface area contributed by atoms with E-state index in [4.69, 9.17) is 4.52 Å². The minimum atomic E-state index is -3.22. The summed E-state index contributed by atoms with van der Waals surface area (Å²) in [6.07, 6.45) is 1.17. The summed E-state index contributed by atoms with van der Waals surface area (Å²) in [6.45, 7) is 3.71. The third kappa shape index (κ3) is 4.62. The lowest BCUT2D eigenvalue weighted by atomic mass is 10.1. The number of carbonyl (C=O) groups is 1. The van der Waals surface area contributed by atoms with Gasteiger partial charge in [0.15, 0.2) is 15.7 Å². The molecule has 0 unspecified atom stereocenters. The molecule has 8 nitrogen and oxygen atoms in total. The number of hydrogen-bond donors (Lipinski definition) is 1. The lowest BCUT2D eigenvalue weighted by molar-refractivity contribution is -0.117. The molecule has 2 aromatic rings. The fourth-order valence-corrected chi connectivity index (χ4v) is 2.75. The van der Waals surface area contributed by atoms with Gasteiger partial charge in [-0.15, -0.1) is 0 Å². The second-order valence-electron chi connectivity index (χ2n) is 5.63. The van der Waals surface area contributed by atoms with Gasteiger partial charge in [0.1, 0.15) is 0 Å². The molecule has 0 fully saturated rings. The summed E-state index contributed by atoms with van der Waals surface area (Å²) < 4.78 is 27.8. The van der Waals surface area contributed by atoms with Crippen molar-refractivity contribution in [3.05, 3.63) is 35.7 Å². The van der Waals surface area contributed by atoms with E-state index in [1.165, 1.54) is 6.26 Å². The van der Waals surface area contributed by atoms with Crippen LogP contribution in [-0.4, -0.2) is 49.2 Å². The SMILES string of the molecule is Cc1noc(NC(=O)CN(C)[C@@H](C)c2ccc(S(C)(=O)=O)cc2)n1. The van der Waals surface area contributed by atoms with Crippen LogP contribution in [0.25, 0.3) is 0 Å². The molecule has 1 aromatic heterocycles. The van der Waals surface area contributed by atoms with Crippen molar-refractivity contribution in [2.75, 3.05) is 25.2 Å². The maximum Gasteiger partial charge on any atom is 0.328 e. The number of nitrogens with one attached hydrogen (secondary N) is 1. The predicted octanol–water partition coefficient (Wildman–Crippen LogP) is 1.41. The normalized spacial score (nSPS) is 13.0. The van der Waals surface area contributed by atoms with Crippen LogP contribution in [0.5, 0.6) is 0 Å². The highest BCUT2D eigenvalue weighted by Crippen LogP contribution is 2.20. The molecule has 1 N–H and O–H groups in total. The average Bonchev–Trinajstić information content (AvgIpc) is 2.90. The summed E-state index contributed by atoms with van der Waals surface area (Å²) in [6, 6.07) is 6.62. The Morgan fingerprint density at radius 2 is 1.96 bits per heavy atom. The van der Waals surface area contributed by atoms with Gasteiger partial charge in [-0.1, -0.05) is 17.3 Å². The van der Waals surface area contributed by atoms with Crippen LogP contribution in [0, 0.1) is 6.92 Å². The quantitative estimate of drug-likeness (QED) is 0.838. The second kappa shape index (κ2) is 7.10. The third-order valence-electron chi connectivity index (χ3n) is 3.62. The van der Waals surface area contributed by atoms with Gasteiger partial charge in [0.05, 0.1) is 11.4 Å². The monoisotopic (exact) mass is 352 g/mol. The Morgan fingerprint density at radius 3 is 2.46 bits per heavy atom. The van der Waals surface area contributed by atoms with Crippen LogP contribution in [0.2, 0.25) is 0 Å². The van der Waals surface area contributed by atoms with E-state index >= 15 is 0 Å². The third-order valence-corrected chi connectivity index (χ3v) is 4.75. The van der Waals surface area contributed by atoms with Gasteiger partial charge < -0.3 is 4.52 Å². The van der Waals surface area contributed by atoms with E-state index in [1.807, 2.05) is 11.8 Å². The highest BCUT2D eigenvalue weighted by atomic mass is 32.2. The predicted molar refractivity (Wildman–Crippen MR) is 88.3 cm³/mol. The molecule has 2 rings (SSSR count). The summed E-state index contributed by atoms with van der Waals surface area (Å²) in [7, 11) is -1.42. The summed E-state index contributed by atoms with van der Waals surface area (Å²) in [5.41, 5.74) is 0.909. The highest BCUT2D eigenvalue weighted by Gasteiger charge is 2.17. The Morgan fingerprint density at radius 1 is 1.33 bits per heavy atom. The van der Waals surface area contributed by atoms with Gasteiger partial charge in [0.25, 0.3) is 0 Å². The van der Waals surface area contributed by atoms with Crippen LogP contribution < -0.4 is 5.32 Å². The number of amides is 1. The van der Waals surface area contributed by atoms with Crippen LogP contribution in [0.1, 0.15) is 24.4 Å². The lowest BCUT2D eigenvalue weighted by Crippen LogP contribution is -2.32. The number of nitrogens with zero attached hydrogens (tertiary/aromatic N) is 3. The first-order chi connectivity index (χ1) is 11.2. The molecule has 0 bridgehead atoms. The van der Waals surface area contributed by atoms with E-state index in [1.54, 1.807) is 38.2 Å². The number of aryl methyl sites for hydroxylation is 1. The topological polar surface area (TPSA) is 105 Å². The number of carbonyl (C=O) groups excluding carboxylic acids is 1. The van der Waals surface area contributed by atoms with Gasteiger partial charge >= 0.3 is 6.01 Å². The number of rotatable bonds is 6. The van der Waals surface area contributed by atoms with Crippen molar-refractivity contribution in [1.82, 2.24) is 15.0 Å². The zero-order valence-corrected chi connectivity index (χ0v) is 14.8. The number of benzene rings is 1. The van der Waals surface area contributed by atoms with Crippen molar-refractivity contribution in [1.29, 1.82) is 0 Å². The van der Waals surface area contributed by atoms with Crippen molar-refractivity contribution in [3.8, 4) is 0 Å². The maximum absolute atomic E-state index is 12.0. The zero-order chi connectivity index (χ0) is 17.9. The Kier molecular flexibility index (Phi) is 5.35. The standard InChI is InChI=1S/C15H20N4O4S/c1-10(12-5-7-13(8-6-12)24(4,21)22)19(3)9-14(20)17-15-16-11(2)18-23-15/h5-8,10H,9H2,1-4H3,(H,16,17,18,20)/t10-/m0/s1. The van der Waals surface area contributed by atoms with Crippen molar-refractivity contribution < 1.29 is 17.7 Å². The van der Waals surface area contributed by atoms with Gasteiger partial charge in [-0.3, -0.25) is 15.0 Å². The molecule has 0 spiro atoms. The van der Waals surface area contributed by atoms with Gasteiger partial charge in [-0.2, -0.15) is 4.98 Å². The van der Waals surface area contributed by atoms with Crippen molar-refractivity contribution in [2.24, 2.45) is 0 Å². The molecular weight excluding hydrogens is 332 g/mol. The Balaban J connectivity index is 1.98. The zero-order valence-electron chi connectivity index (χ0n) is 14.0. The second-order valence-corrected chi connectivity index (χ2v) is 7.64. The molecule has 9 heteroatoms. The number of likely N-dealkylation sites (N-methyl/N-ethyl adjacent to an activating group) is 1. The molecule has 0 saturated heterocycles. The van der Waals surface area contributed by atoms with Crippen molar-refractivity contribution in [3.63, 3.8) is 0 Å². The van der Waals surface area contributed by atoms with Gasteiger partial charge in [-0.25, -0.2) is 8.42 Å². The highest BCUT2D eigenvalue weighted by molar-refractivity contribution is 7.90. The van der Waals surface area contributed by atoms with Crippen LogP contribution >= 0.6 is 0 Å².